The summed E-state index contributed by atoms with van der Waals surface area (Å²) in [5, 5.41) is 0.405. The predicted molar refractivity (Wildman–Crippen MR) is 82.0 cm³/mol. The molecule has 0 unspecified atom stereocenters. The minimum Gasteiger partial charge on any atom is -0.497 e. The standard InChI is InChI=1S/C14H12Cl2O4S/c1-9-7-14(13(16)8-12(9)15)21(17,18)20-11-5-3-10(19-2)4-6-11/h3-8H,1-2H3. The number of aryl methyl sites for hydroxylation is 1. The van der Waals surface area contributed by atoms with Gasteiger partial charge in [0.25, 0.3) is 0 Å². The Hall–Kier alpha value is -1.43. The number of methoxy groups -OCH3 is 1. The van der Waals surface area contributed by atoms with Gasteiger partial charge in [0.05, 0.1) is 12.1 Å². The number of ether oxygens (including phenoxy) is 1. The molecule has 2 aromatic carbocycles. The summed E-state index contributed by atoms with van der Waals surface area (Å²) in [6.07, 6.45) is 0. The monoisotopic (exact) mass is 346 g/mol. The Morgan fingerprint density at radius 1 is 0.952 bits per heavy atom. The lowest BCUT2D eigenvalue weighted by molar-refractivity contribution is 0.413. The van der Waals surface area contributed by atoms with Crippen molar-refractivity contribution in [1.82, 2.24) is 0 Å². The summed E-state index contributed by atoms with van der Waals surface area (Å²) in [7, 11) is -2.52. The first kappa shape index (κ1) is 15.9. The van der Waals surface area contributed by atoms with Gasteiger partial charge in [0.15, 0.2) is 0 Å². The van der Waals surface area contributed by atoms with Gasteiger partial charge in [-0.1, -0.05) is 23.2 Å². The van der Waals surface area contributed by atoms with Crippen LogP contribution in [0.25, 0.3) is 0 Å². The lowest BCUT2D eigenvalue weighted by Crippen LogP contribution is -2.10. The van der Waals surface area contributed by atoms with Crippen LogP contribution < -0.4 is 8.92 Å². The van der Waals surface area contributed by atoms with Crippen molar-refractivity contribution in [3.63, 3.8) is 0 Å². The maximum atomic E-state index is 12.3. The third kappa shape index (κ3) is 3.61. The third-order valence-electron chi connectivity index (χ3n) is 2.75. The van der Waals surface area contributed by atoms with Crippen LogP contribution in [0.3, 0.4) is 0 Å². The van der Waals surface area contributed by atoms with Crippen molar-refractivity contribution in [1.29, 1.82) is 0 Å². The first-order valence-electron chi connectivity index (χ1n) is 5.87. The van der Waals surface area contributed by atoms with Crippen LogP contribution >= 0.6 is 23.2 Å². The molecular weight excluding hydrogens is 335 g/mol. The van der Waals surface area contributed by atoms with E-state index in [1.165, 1.54) is 31.4 Å². The highest BCUT2D eigenvalue weighted by molar-refractivity contribution is 7.87. The molecule has 112 valence electrons. The van der Waals surface area contributed by atoms with Crippen LogP contribution in [0.15, 0.2) is 41.3 Å². The Kier molecular flexibility index (Phi) is 4.66. The van der Waals surface area contributed by atoms with Crippen molar-refractivity contribution in [2.24, 2.45) is 0 Å². The highest BCUT2D eigenvalue weighted by Gasteiger charge is 2.21. The van der Waals surface area contributed by atoms with Crippen LogP contribution in [-0.2, 0) is 10.1 Å². The third-order valence-corrected chi connectivity index (χ3v) is 4.87. The molecule has 0 spiro atoms. The van der Waals surface area contributed by atoms with Gasteiger partial charge in [0, 0.05) is 5.02 Å². The number of halogens is 2. The molecule has 0 saturated carbocycles. The molecule has 0 amide bonds. The van der Waals surface area contributed by atoms with E-state index in [0.29, 0.717) is 16.3 Å². The molecule has 0 bridgehead atoms. The summed E-state index contributed by atoms with van der Waals surface area (Å²) < 4.78 is 34.6. The zero-order valence-electron chi connectivity index (χ0n) is 11.3. The van der Waals surface area contributed by atoms with Gasteiger partial charge in [-0.05, 0) is 48.9 Å². The minimum absolute atomic E-state index is 0.0131. The molecule has 7 heteroatoms. The second kappa shape index (κ2) is 6.13. The Morgan fingerprint density at radius 2 is 1.52 bits per heavy atom. The van der Waals surface area contributed by atoms with Gasteiger partial charge in [0.1, 0.15) is 16.4 Å². The van der Waals surface area contributed by atoms with Crippen molar-refractivity contribution in [3.8, 4) is 11.5 Å². The van der Waals surface area contributed by atoms with E-state index in [1.54, 1.807) is 19.1 Å². The predicted octanol–water partition coefficient (Wildman–Crippen LogP) is 4.08. The van der Waals surface area contributed by atoms with Gasteiger partial charge in [0.2, 0.25) is 0 Å². The van der Waals surface area contributed by atoms with Crippen LogP contribution in [0.4, 0.5) is 0 Å². The number of hydrogen-bond acceptors (Lipinski definition) is 4. The molecule has 2 rings (SSSR count). The van der Waals surface area contributed by atoms with Crippen molar-refractivity contribution in [2.75, 3.05) is 7.11 Å². The SMILES string of the molecule is COc1ccc(OS(=O)(=O)c2cc(C)c(Cl)cc2Cl)cc1. The molecule has 0 atom stereocenters. The molecule has 0 aliphatic rings. The molecule has 0 heterocycles. The van der Waals surface area contributed by atoms with Gasteiger partial charge in [-0.2, -0.15) is 8.42 Å². The van der Waals surface area contributed by atoms with Gasteiger partial charge < -0.3 is 8.92 Å². The number of hydrogen-bond donors (Lipinski definition) is 0. The first-order valence-corrected chi connectivity index (χ1v) is 8.04. The van der Waals surface area contributed by atoms with E-state index in [2.05, 4.69) is 0 Å². The van der Waals surface area contributed by atoms with E-state index in [-0.39, 0.29) is 15.7 Å². The highest BCUT2D eigenvalue weighted by Crippen LogP contribution is 2.30. The Bertz CT molecular complexity index is 755. The molecule has 21 heavy (non-hydrogen) atoms. The summed E-state index contributed by atoms with van der Waals surface area (Å²) in [5.41, 5.74) is 0.595. The fourth-order valence-electron chi connectivity index (χ4n) is 1.63. The van der Waals surface area contributed by atoms with Crippen LogP contribution in [0.5, 0.6) is 11.5 Å². The molecule has 0 fully saturated rings. The van der Waals surface area contributed by atoms with E-state index in [1.807, 2.05) is 0 Å². The Labute approximate surface area is 133 Å². The van der Waals surface area contributed by atoms with Crippen molar-refractivity contribution >= 4 is 33.3 Å². The second-order valence-electron chi connectivity index (χ2n) is 4.24. The summed E-state index contributed by atoms with van der Waals surface area (Å²) >= 11 is 11.8. The van der Waals surface area contributed by atoms with Crippen LogP contribution in [0, 0.1) is 6.92 Å². The second-order valence-corrected chi connectivity index (χ2v) is 6.57. The fraction of sp³-hybridized carbons (Fsp3) is 0.143. The topological polar surface area (TPSA) is 52.6 Å². The van der Waals surface area contributed by atoms with Gasteiger partial charge in [-0.3, -0.25) is 0 Å². The van der Waals surface area contributed by atoms with Crippen LogP contribution in [0.2, 0.25) is 10.0 Å². The Balaban J connectivity index is 2.35. The van der Waals surface area contributed by atoms with Gasteiger partial charge in [-0.25, -0.2) is 0 Å². The molecule has 0 aliphatic heterocycles. The first-order chi connectivity index (χ1) is 9.83. The fourth-order valence-corrected chi connectivity index (χ4v) is 3.36. The zero-order valence-corrected chi connectivity index (χ0v) is 13.6. The van der Waals surface area contributed by atoms with E-state index < -0.39 is 10.1 Å². The molecule has 4 nitrogen and oxygen atoms in total. The Morgan fingerprint density at radius 3 is 2.10 bits per heavy atom. The average molecular weight is 347 g/mol. The largest absolute Gasteiger partial charge is 0.497 e. The van der Waals surface area contributed by atoms with Crippen LogP contribution in [0.1, 0.15) is 5.56 Å². The quantitative estimate of drug-likeness (QED) is 0.782. The lowest BCUT2D eigenvalue weighted by atomic mass is 10.2. The lowest BCUT2D eigenvalue weighted by Gasteiger charge is -2.10. The van der Waals surface area contributed by atoms with E-state index in [4.69, 9.17) is 32.1 Å². The number of rotatable bonds is 4. The van der Waals surface area contributed by atoms with E-state index in [9.17, 15) is 8.42 Å². The smallest absolute Gasteiger partial charge is 0.340 e. The molecule has 0 saturated heterocycles. The maximum absolute atomic E-state index is 12.3. The minimum atomic E-state index is -4.03. The highest BCUT2D eigenvalue weighted by atomic mass is 35.5. The molecule has 0 radical (unpaired) electrons. The summed E-state index contributed by atoms with van der Waals surface area (Å²) in [5.74, 6) is 0.764. The maximum Gasteiger partial charge on any atom is 0.340 e. The summed E-state index contributed by atoms with van der Waals surface area (Å²) in [6, 6.07) is 8.94. The summed E-state index contributed by atoms with van der Waals surface area (Å²) in [6.45, 7) is 1.69. The van der Waals surface area contributed by atoms with Gasteiger partial charge >= 0.3 is 10.1 Å². The molecule has 2 aromatic rings. The van der Waals surface area contributed by atoms with E-state index >= 15 is 0 Å². The molecule has 0 aromatic heterocycles. The molecule has 0 aliphatic carbocycles. The average Bonchev–Trinajstić information content (AvgIpc) is 2.43. The van der Waals surface area contributed by atoms with Crippen molar-refractivity contribution in [2.45, 2.75) is 11.8 Å². The zero-order chi connectivity index (χ0) is 15.6. The number of benzene rings is 2. The van der Waals surface area contributed by atoms with E-state index in [0.717, 1.165) is 0 Å². The normalized spacial score (nSPS) is 11.2. The summed E-state index contributed by atoms with van der Waals surface area (Å²) in [4.78, 5) is -0.123. The molecule has 0 N–H and O–H groups in total. The van der Waals surface area contributed by atoms with Crippen molar-refractivity contribution in [3.05, 3.63) is 52.0 Å². The molecular formula is C14H12Cl2O4S. The van der Waals surface area contributed by atoms with Crippen molar-refractivity contribution < 1.29 is 17.3 Å². The van der Waals surface area contributed by atoms with Crippen LogP contribution in [-0.4, -0.2) is 15.5 Å². The van der Waals surface area contributed by atoms with Gasteiger partial charge in [-0.15, -0.1) is 0 Å².